The van der Waals surface area contributed by atoms with E-state index in [2.05, 4.69) is 26.0 Å². The average molecular weight is 394 g/mol. The lowest BCUT2D eigenvalue weighted by molar-refractivity contribution is 0.0695. The Kier molecular flexibility index (Phi) is 6.48. The minimum atomic E-state index is -0.943. The summed E-state index contributed by atoms with van der Waals surface area (Å²) >= 11 is 6.02. The molecule has 3 nitrogen and oxygen atoms in total. The summed E-state index contributed by atoms with van der Waals surface area (Å²) in [6.45, 7) is 4.28. The Morgan fingerprint density at radius 1 is 1.00 bits per heavy atom. The molecule has 0 spiro atoms. The van der Waals surface area contributed by atoms with Crippen LogP contribution in [0.3, 0.4) is 0 Å². The molecule has 1 heterocycles. The summed E-state index contributed by atoms with van der Waals surface area (Å²) in [5, 5.41) is 10.4. The molecule has 0 saturated carbocycles. The number of hydrogen-bond donors (Lipinski definition) is 1. The number of pyridine rings is 1. The first kappa shape index (κ1) is 20.1. The molecular formula is C24H24ClNO2. The zero-order chi connectivity index (χ0) is 20.1. The first-order valence-corrected chi connectivity index (χ1v) is 9.87. The Balaban J connectivity index is 2.03. The molecule has 2 aromatic carbocycles. The van der Waals surface area contributed by atoms with E-state index < -0.39 is 5.97 Å². The molecule has 0 radical (unpaired) electrons. The predicted octanol–water partition coefficient (Wildman–Crippen LogP) is 6.08. The second kappa shape index (κ2) is 9.03. The van der Waals surface area contributed by atoms with Gasteiger partial charge in [0.1, 0.15) is 0 Å². The first-order chi connectivity index (χ1) is 13.4. The summed E-state index contributed by atoms with van der Waals surface area (Å²) in [4.78, 5) is 16.8. The van der Waals surface area contributed by atoms with Gasteiger partial charge in [0.15, 0.2) is 0 Å². The third-order valence-corrected chi connectivity index (χ3v) is 4.91. The van der Waals surface area contributed by atoms with Crippen LogP contribution in [0, 0.1) is 5.92 Å². The van der Waals surface area contributed by atoms with E-state index in [1.54, 1.807) is 6.07 Å². The summed E-state index contributed by atoms with van der Waals surface area (Å²) in [5.74, 6) is -0.530. The van der Waals surface area contributed by atoms with E-state index in [4.69, 9.17) is 16.6 Å². The van der Waals surface area contributed by atoms with Gasteiger partial charge >= 0.3 is 5.97 Å². The number of rotatable bonds is 7. The highest BCUT2D eigenvalue weighted by Crippen LogP contribution is 2.29. The lowest BCUT2D eigenvalue weighted by Crippen LogP contribution is -2.11. The van der Waals surface area contributed by atoms with Crippen LogP contribution in [0.2, 0.25) is 5.02 Å². The fourth-order valence-electron chi connectivity index (χ4n) is 3.30. The number of aromatic carboxylic acids is 1. The number of aryl methyl sites for hydroxylation is 2. The Bertz CT molecular complexity index is 950. The summed E-state index contributed by atoms with van der Waals surface area (Å²) < 4.78 is 0. The van der Waals surface area contributed by atoms with E-state index in [0.29, 0.717) is 23.1 Å². The lowest BCUT2D eigenvalue weighted by Gasteiger charge is -2.16. The quantitative estimate of drug-likeness (QED) is 0.528. The summed E-state index contributed by atoms with van der Waals surface area (Å²) in [6.07, 6.45) is 2.14. The molecule has 0 aliphatic carbocycles. The number of benzene rings is 2. The molecule has 1 aromatic heterocycles. The number of hydrogen-bond acceptors (Lipinski definition) is 2. The molecule has 28 heavy (non-hydrogen) atoms. The van der Waals surface area contributed by atoms with Crippen molar-refractivity contribution in [2.45, 2.75) is 33.1 Å². The van der Waals surface area contributed by atoms with Crippen molar-refractivity contribution >= 4 is 17.6 Å². The third kappa shape index (κ3) is 4.99. The van der Waals surface area contributed by atoms with Crippen molar-refractivity contribution in [1.82, 2.24) is 4.98 Å². The molecule has 0 bridgehead atoms. The first-order valence-electron chi connectivity index (χ1n) is 9.50. The average Bonchev–Trinajstić information content (AvgIpc) is 2.67. The molecule has 0 saturated heterocycles. The number of carboxylic acid groups (broad SMARTS) is 1. The van der Waals surface area contributed by atoms with Crippen molar-refractivity contribution in [3.63, 3.8) is 0 Å². The molecule has 4 heteroatoms. The Labute approximate surface area is 171 Å². The zero-order valence-electron chi connectivity index (χ0n) is 16.2. The molecule has 0 atom stereocenters. The lowest BCUT2D eigenvalue weighted by atomic mass is 9.94. The number of carboxylic acids is 1. The summed E-state index contributed by atoms with van der Waals surface area (Å²) in [5.41, 5.74) is 4.83. The van der Waals surface area contributed by atoms with Crippen LogP contribution >= 0.6 is 11.6 Å². The Morgan fingerprint density at radius 2 is 1.68 bits per heavy atom. The van der Waals surface area contributed by atoms with Crippen LogP contribution in [-0.2, 0) is 19.3 Å². The fraction of sp³-hybridized carbons (Fsp3) is 0.250. The minimum absolute atomic E-state index is 0.272. The van der Waals surface area contributed by atoms with Gasteiger partial charge in [-0.1, -0.05) is 67.9 Å². The van der Waals surface area contributed by atoms with Crippen LogP contribution in [0.15, 0.2) is 60.7 Å². The van der Waals surface area contributed by atoms with Crippen molar-refractivity contribution in [1.29, 1.82) is 0 Å². The summed E-state index contributed by atoms with van der Waals surface area (Å²) in [6, 6.07) is 19.3. The van der Waals surface area contributed by atoms with Gasteiger partial charge in [-0.05, 0) is 54.5 Å². The van der Waals surface area contributed by atoms with Crippen molar-refractivity contribution in [2.24, 2.45) is 5.92 Å². The van der Waals surface area contributed by atoms with E-state index in [9.17, 15) is 9.90 Å². The predicted molar refractivity (Wildman–Crippen MR) is 114 cm³/mol. The Morgan fingerprint density at radius 3 is 2.29 bits per heavy atom. The van der Waals surface area contributed by atoms with Crippen LogP contribution in [0.1, 0.15) is 41.2 Å². The molecule has 1 N–H and O–H groups in total. The second-order valence-electron chi connectivity index (χ2n) is 7.37. The van der Waals surface area contributed by atoms with Crippen LogP contribution in [0.4, 0.5) is 0 Å². The van der Waals surface area contributed by atoms with E-state index in [0.717, 1.165) is 29.7 Å². The molecule has 0 fully saturated rings. The van der Waals surface area contributed by atoms with Crippen LogP contribution < -0.4 is 0 Å². The van der Waals surface area contributed by atoms with E-state index in [1.165, 1.54) is 5.56 Å². The maximum absolute atomic E-state index is 11.9. The largest absolute Gasteiger partial charge is 0.478 e. The van der Waals surface area contributed by atoms with Gasteiger partial charge in [0.2, 0.25) is 0 Å². The minimum Gasteiger partial charge on any atom is -0.478 e. The second-order valence-corrected chi connectivity index (χ2v) is 7.81. The van der Waals surface area contributed by atoms with E-state index in [-0.39, 0.29) is 5.56 Å². The molecule has 0 unspecified atom stereocenters. The molecular weight excluding hydrogens is 370 g/mol. The highest BCUT2D eigenvalue weighted by atomic mass is 35.5. The zero-order valence-corrected chi connectivity index (χ0v) is 16.9. The van der Waals surface area contributed by atoms with Gasteiger partial charge in [0.25, 0.3) is 0 Å². The maximum Gasteiger partial charge on any atom is 0.337 e. The monoisotopic (exact) mass is 393 g/mol. The van der Waals surface area contributed by atoms with Gasteiger partial charge in [0.05, 0.1) is 11.3 Å². The smallest absolute Gasteiger partial charge is 0.337 e. The highest BCUT2D eigenvalue weighted by Gasteiger charge is 2.18. The molecule has 3 rings (SSSR count). The molecule has 144 valence electrons. The Hall–Kier alpha value is -2.65. The van der Waals surface area contributed by atoms with Crippen molar-refractivity contribution in [3.8, 4) is 11.1 Å². The summed E-state index contributed by atoms with van der Waals surface area (Å²) in [7, 11) is 0. The van der Waals surface area contributed by atoms with Crippen molar-refractivity contribution in [2.75, 3.05) is 0 Å². The van der Waals surface area contributed by atoms with Crippen LogP contribution in [0.25, 0.3) is 11.1 Å². The molecule has 3 aromatic rings. The SMILES string of the molecule is CC(C)Cc1nc(CCc2ccccc2)c(C(=O)O)cc1-c1ccc(Cl)cc1. The van der Waals surface area contributed by atoms with E-state index >= 15 is 0 Å². The fourth-order valence-corrected chi connectivity index (χ4v) is 3.43. The van der Waals surface area contributed by atoms with Gasteiger partial charge in [-0.2, -0.15) is 0 Å². The van der Waals surface area contributed by atoms with Gasteiger partial charge in [0, 0.05) is 16.3 Å². The van der Waals surface area contributed by atoms with Crippen molar-refractivity contribution < 1.29 is 9.90 Å². The molecule has 0 aliphatic rings. The number of nitrogens with zero attached hydrogens (tertiary/aromatic N) is 1. The highest BCUT2D eigenvalue weighted by molar-refractivity contribution is 6.30. The van der Waals surface area contributed by atoms with Crippen LogP contribution in [-0.4, -0.2) is 16.1 Å². The number of halogens is 1. The standard InChI is InChI=1S/C24H24ClNO2/c1-16(2)14-23-20(18-9-11-19(25)12-10-18)15-21(24(27)28)22(26-23)13-8-17-6-4-3-5-7-17/h3-7,9-12,15-16H,8,13-14H2,1-2H3,(H,27,28). The third-order valence-electron chi connectivity index (χ3n) is 4.66. The van der Waals surface area contributed by atoms with Gasteiger partial charge in [-0.3, -0.25) is 4.98 Å². The van der Waals surface area contributed by atoms with E-state index in [1.807, 2.05) is 42.5 Å². The van der Waals surface area contributed by atoms with Crippen LogP contribution in [0.5, 0.6) is 0 Å². The topological polar surface area (TPSA) is 50.2 Å². The maximum atomic E-state index is 11.9. The molecule has 0 amide bonds. The number of carbonyl (C=O) groups is 1. The number of aromatic nitrogens is 1. The van der Waals surface area contributed by atoms with Gasteiger partial charge in [-0.25, -0.2) is 4.79 Å². The van der Waals surface area contributed by atoms with Gasteiger partial charge < -0.3 is 5.11 Å². The normalized spacial score (nSPS) is 11.0. The van der Waals surface area contributed by atoms with Crippen molar-refractivity contribution in [3.05, 3.63) is 88.2 Å². The van der Waals surface area contributed by atoms with Gasteiger partial charge in [-0.15, -0.1) is 0 Å². The molecule has 0 aliphatic heterocycles.